The fourth-order valence-electron chi connectivity index (χ4n) is 4.11. The normalized spacial score (nSPS) is 17.6. The van der Waals surface area contributed by atoms with Crippen molar-refractivity contribution in [2.45, 2.75) is 38.3 Å². The number of amides is 4. The summed E-state index contributed by atoms with van der Waals surface area (Å²) in [6.45, 7) is -0.905. The van der Waals surface area contributed by atoms with Crippen molar-refractivity contribution in [3.63, 3.8) is 0 Å². The van der Waals surface area contributed by atoms with Crippen molar-refractivity contribution >= 4 is 29.5 Å². The maximum Gasteiger partial charge on any atom is 0.573 e. The number of imide groups is 1. The number of hydrogen-bond donors (Lipinski definition) is 2. The predicted molar refractivity (Wildman–Crippen MR) is 110 cm³/mol. The van der Waals surface area contributed by atoms with Crippen molar-refractivity contribution in [2.24, 2.45) is 0 Å². The first-order valence-electron chi connectivity index (χ1n) is 10.3. The number of piperidine rings is 1. The van der Waals surface area contributed by atoms with E-state index in [1.807, 2.05) is 0 Å². The van der Waals surface area contributed by atoms with E-state index < -0.39 is 65.8 Å². The number of halogens is 5. The first kappa shape index (κ1) is 24.9. The second kappa shape index (κ2) is 9.09. The first-order chi connectivity index (χ1) is 16.8. The Morgan fingerprint density at radius 2 is 1.86 bits per heavy atom. The number of alkyl halides is 3. The van der Waals surface area contributed by atoms with Gasteiger partial charge in [0.25, 0.3) is 5.91 Å². The standard InChI is InChI=1S/C22H16F5N3O6/c23-11-5-12(7-13(6-11)36-22(25,26)27)29(21(34)35)8-10-3-14-15(16(24)4-10)9-30(20(14)33)17-1-2-18(31)28-19(17)32/h3-7,17H,1-2,8-9H2,(H,34,35)(H,28,31,32). The number of ether oxygens (including phenoxy) is 1. The van der Waals surface area contributed by atoms with Crippen LogP contribution in [0.15, 0.2) is 30.3 Å². The monoisotopic (exact) mass is 513 g/mol. The summed E-state index contributed by atoms with van der Waals surface area (Å²) in [4.78, 5) is 49.8. The van der Waals surface area contributed by atoms with Gasteiger partial charge in [0, 0.05) is 29.7 Å². The van der Waals surface area contributed by atoms with Gasteiger partial charge in [-0.15, -0.1) is 13.2 Å². The third-order valence-electron chi connectivity index (χ3n) is 5.63. The quantitative estimate of drug-likeness (QED) is 0.468. The molecule has 2 aliphatic rings. The third kappa shape index (κ3) is 5.06. The Bertz CT molecular complexity index is 1280. The van der Waals surface area contributed by atoms with Crippen molar-refractivity contribution in [2.75, 3.05) is 4.90 Å². The minimum Gasteiger partial charge on any atom is -0.465 e. The highest BCUT2D eigenvalue weighted by Gasteiger charge is 2.40. The SMILES string of the molecule is O=C1CCC(N2Cc3c(F)cc(CN(C(=O)O)c4cc(F)cc(OC(F)(F)F)c4)cc3C2=O)C(=O)N1. The largest absolute Gasteiger partial charge is 0.573 e. The van der Waals surface area contributed by atoms with E-state index in [0.717, 1.165) is 11.0 Å². The molecule has 2 aliphatic heterocycles. The third-order valence-corrected chi connectivity index (χ3v) is 5.63. The molecule has 14 heteroatoms. The Labute approximate surface area is 199 Å². The molecule has 0 spiro atoms. The number of fused-ring (bicyclic) bond motifs is 1. The van der Waals surface area contributed by atoms with Crippen molar-refractivity contribution in [1.82, 2.24) is 10.2 Å². The van der Waals surface area contributed by atoms with Crippen molar-refractivity contribution in [1.29, 1.82) is 0 Å². The van der Waals surface area contributed by atoms with Gasteiger partial charge in [0.15, 0.2) is 0 Å². The number of carbonyl (C=O) groups excluding carboxylic acids is 3. The Balaban J connectivity index is 1.62. The van der Waals surface area contributed by atoms with Gasteiger partial charge in [-0.2, -0.15) is 0 Å². The van der Waals surface area contributed by atoms with E-state index in [2.05, 4.69) is 10.1 Å². The number of anilines is 1. The van der Waals surface area contributed by atoms with Crippen molar-refractivity contribution in [3.05, 3.63) is 58.7 Å². The molecule has 1 saturated heterocycles. The number of nitrogens with zero attached hydrogens (tertiary/aromatic N) is 2. The minimum absolute atomic E-state index is 0.00842. The number of carboxylic acid groups (broad SMARTS) is 1. The highest BCUT2D eigenvalue weighted by molar-refractivity contribution is 6.05. The zero-order valence-corrected chi connectivity index (χ0v) is 18.1. The van der Waals surface area contributed by atoms with Crippen LogP contribution in [0, 0.1) is 11.6 Å². The van der Waals surface area contributed by atoms with Crippen LogP contribution >= 0.6 is 0 Å². The van der Waals surface area contributed by atoms with Crippen LogP contribution in [0.25, 0.3) is 0 Å². The molecule has 0 aliphatic carbocycles. The maximum atomic E-state index is 14.9. The smallest absolute Gasteiger partial charge is 0.465 e. The molecule has 1 unspecified atom stereocenters. The van der Waals surface area contributed by atoms with Gasteiger partial charge in [-0.3, -0.25) is 24.6 Å². The number of benzene rings is 2. The van der Waals surface area contributed by atoms with Gasteiger partial charge in [0.05, 0.1) is 18.8 Å². The van der Waals surface area contributed by atoms with Crippen LogP contribution in [0.3, 0.4) is 0 Å². The number of carbonyl (C=O) groups is 4. The molecule has 4 amide bonds. The van der Waals surface area contributed by atoms with Gasteiger partial charge in [0.2, 0.25) is 11.8 Å². The lowest BCUT2D eigenvalue weighted by atomic mass is 10.0. The summed E-state index contributed by atoms with van der Waals surface area (Å²) in [6, 6.07) is 2.83. The molecule has 2 aromatic rings. The summed E-state index contributed by atoms with van der Waals surface area (Å²) in [6.07, 6.45) is -6.81. The molecular weight excluding hydrogens is 497 g/mol. The van der Waals surface area contributed by atoms with Crippen LogP contribution in [-0.4, -0.2) is 46.2 Å². The molecule has 2 aromatic carbocycles. The molecular formula is C22H16F5N3O6. The average Bonchev–Trinajstić information content (AvgIpc) is 3.07. The fourth-order valence-corrected chi connectivity index (χ4v) is 4.11. The summed E-state index contributed by atoms with van der Waals surface area (Å²) in [5.41, 5.74) is -0.767. The van der Waals surface area contributed by atoms with Crippen molar-refractivity contribution < 1.29 is 51.0 Å². The van der Waals surface area contributed by atoms with Crippen LogP contribution < -0.4 is 15.0 Å². The lowest BCUT2D eigenvalue weighted by molar-refractivity contribution is -0.274. The second-order valence-electron chi connectivity index (χ2n) is 8.07. The number of rotatable bonds is 5. The summed E-state index contributed by atoms with van der Waals surface area (Å²) in [5.74, 6) is -5.01. The molecule has 1 fully saturated rings. The van der Waals surface area contributed by atoms with Gasteiger partial charge in [0.1, 0.15) is 23.4 Å². The van der Waals surface area contributed by atoms with Crippen LogP contribution in [0.1, 0.15) is 34.3 Å². The molecule has 2 heterocycles. The second-order valence-corrected chi connectivity index (χ2v) is 8.07. The summed E-state index contributed by atoms with van der Waals surface area (Å²) >= 11 is 0. The number of hydrogen-bond acceptors (Lipinski definition) is 5. The van der Waals surface area contributed by atoms with E-state index in [1.54, 1.807) is 0 Å². The lowest BCUT2D eigenvalue weighted by Gasteiger charge is -2.29. The summed E-state index contributed by atoms with van der Waals surface area (Å²) in [5, 5.41) is 11.7. The average molecular weight is 513 g/mol. The Morgan fingerprint density at radius 1 is 1.14 bits per heavy atom. The van der Waals surface area contributed by atoms with Crippen LogP contribution in [0.4, 0.5) is 32.4 Å². The highest BCUT2D eigenvalue weighted by atomic mass is 19.4. The Hall–Kier alpha value is -4.23. The van der Waals surface area contributed by atoms with Gasteiger partial charge < -0.3 is 14.7 Å². The predicted octanol–water partition coefficient (Wildman–Crippen LogP) is 3.31. The van der Waals surface area contributed by atoms with Gasteiger partial charge >= 0.3 is 12.5 Å². The summed E-state index contributed by atoms with van der Waals surface area (Å²) in [7, 11) is 0. The molecule has 4 rings (SSSR count). The molecule has 0 aromatic heterocycles. The van der Waals surface area contributed by atoms with E-state index in [4.69, 9.17) is 0 Å². The zero-order valence-electron chi connectivity index (χ0n) is 18.1. The first-order valence-corrected chi connectivity index (χ1v) is 10.3. The summed E-state index contributed by atoms with van der Waals surface area (Å²) < 4.78 is 70.1. The Kier molecular flexibility index (Phi) is 6.28. The maximum absolute atomic E-state index is 14.9. The van der Waals surface area contributed by atoms with Crippen LogP contribution in [-0.2, 0) is 22.7 Å². The molecule has 36 heavy (non-hydrogen) atoms. The minimum atomic E-state index is -5.16. The topological polar surface area (TPSA) is 116 Å². The van der Waals surface area contributed by atoms with E-state index >= 15 is 0 Å². The van der Waals surface area contributed by atoms with Gasteiger partial charge in [-0.25, -0.2) is 13.6 Å². The van der Waals surface area contributed by atoms with Crippen molar-refractivity contribution in [3.8, 4) is 5.75 Å². The number of nitrogens with one attached hydrogen (secondary N) is 1. The molecule has 0 radical (unpaired) electrons. The molecule has 0 bridgehead atoms. The van der Waals surface area contributed by atoms with E-state index in [9.17, 15) is 46.2 Å². The molecule has 1 atom stereocenters. The Morgan fingerprint density at radius 3 is 2.50 bits per heavy atom. The molecule has 2 N–H and O–H groups in total. The van der Waals surface area contributed by atoms with Gasteiger partial charge in [-0.05, 0) is 30.2 Å². The van der Waals surface area contributed by atoms with Crippen LogP contribution in [0.5, 0.6) is 5.75 Å². The van der Waals surface area contributed by atoms with E-state index in [1.165, 1.54) is 6.07 Å². The van der Waals surface area contributed by atoms with E-state index in [0.29, 0.717) is 23.1 Å². The zero-order chi connectivity index (χ0) is 26.4. The van der Waals surface area contributed by atoms with E-state index in [-0.39, 0.29) is 36.1 Å². The fraction of sp³-hybridized carbons (Fsp3) is 0.273. The molecule has 9 nitrogen and oxygen atoms in total. The van der Waals surface area contributed by atoms with Gasteiger partial charge in [-0.1, -0.05) is 0 Å². The van der Waals surface area contributed by atoms with Crippen LogP contribution in [0.2, 0.25) is 0 Å². The molecule has 190 valence electrons. The highest BCUT2D eigenvalue weighted by Crippen LogP contribution is 2.33. The molecule has 0 saturated carbocycles. The lowest BCUT2D eigenvalue weighted by Crippen LogP contribution is -2.52.